The Labute approximate surface area is 302 Å². The first kappa shape index (κ1) is 35.0. The van der Waals surface area contributed by atoms with E-state index in [-0.39, 0.29) is 30.0 Å². The summed E-state index contributed by atoms with van der Waals surface area (Å²) in [6.45, 7) is 10.7. The summed E-state index contributed by atoms with van der Waals surface area (Å²) in [4.78, 5) is 63.2. The number of carbonyl (C=O) groups is 3. The van der Waals surface area contributed by atoms with Crippen LogP contribution < -0.4 is 5.32 Å². The zero-order valence-electron chi connectivity index (χ0n) is 30.5. The van der Waals surface area contributed by atoms with Crippen LogP contribution in [0.5, 0.6) is 0 Å². The second kappa shape index (κ2) is 13.9. The van der Waals surface area contributed by atoms with Crippen molar-refractivity contribution in [1.82, 2.24) is 40.0 Å². The van der Waals surface area contributed by atoms with E-state index in [0.717, 1.165) is 76.1 Å². The summed E-state index contributed by atoms with van der Waals surface area (Å²) in [5, 5.41) is 4.83. The van der Waals surface area contributed by atoms with Crippen LogP contribution in [0.1, 0.15) is 84.0 Å². The van der Waals surface area contributed by atoms with Crippen LogP contribution in [0.3, 0.4) is 0 Å². The van der Waals surface area contributed by atoms with Gasteiger partial charge in [0.2, 0.25) is 5.91 Å². The number of carbonyl (C=O) groups excluding carboxylic acids is 3. The Bertz CT molecular complexity index is 2130. The third kappa shape index (κ3) is 7.04. The van der Waals surface area contributed by atoms with Gasteiger partial charge in [0.15, 0.2) is 5.65 Å². The molecular formula is C39H46N8O5. The van der Waals surface area contributed by atoms with Crippen LogP contribution in [0.2, 0.25) is 0 Å². The number of benzene rings is 2. The van der Waals surface area contributed by atoms with Gasteiger partial charge in [-0.25, -0.2) is 24.5 Å². The van der Waals surface area contributed by atoms with Crippen molar-refractivity contribution in [3.8, 4) is 22.5 Å². The Balaban J connectivity index is 1.08. The minimum Gasteiger partial charge on any atom is -0.453 e. The molecule has 0 radical (unpaired) electrons. The number of amides is 3. The minimum atomic E-state index is -0.685. The highest BCUT2D eigenvalue weighted by Gasteiger charge is 2.38. The van der Waals surface area contributed by atoms with Crippen LogP contribution in [0.4, 0.5) is 9.59 Å². The number of ether oxygens (including phenoxy) is 2. The predicted octanol–water partition coefficient (Wildman–Crippen LogP) is 7.28. The molecule has 2 aromatic carbocycles. The number of hydrogen-bond donors (Lipinski definition) is 3. The predicted molar refractivity (Wildman–Crippen MR) is 197 cm³/mol. The SMILES string of the molecule is COC(=O)N[C@H](C(=O)N1CCC[C@H]1c1ncc(-c2ccc3cc(-c4ccc5nc([C@@H]6CCCN6C(=O)OC(C)(C)C)[nH]c5n4)ccc3c2)[nH]1)C(C)C. The Morgan fingerprint density at radius 1 is 0.865 bits per heavy atom. The van der Waals surface area contributed by atoms with Crippen LogP contribution in [0.25, 0.3) is 44.5 Å². The van der Waals surface area contributed by atoms with Crippen molar-refractivity contribution < 1.29 is 23.9 Å². The largest absolute Gasteiger partial charge is 0.453 e. The second-order valence-electron chi connectivity index (χ2n) is 15.0. The average Bonchev–Trinajstić information content (AvgIpc) is 3.94. The lowest BCUT2D eigenvalue weighted by Gasteiger charge is -2.30. The molecule has 2 aliphatic heterocycles. The Kier molecular flexibility index (Phi) is 9.36. The summed E-state index contributed by atoms with van der Waals surface area (Å²) >= 11 is 0. The third-order valence-electron chi connectivity index (χ3n) is 9.84. The number of methoxy groups -OCH3 is 1. The van der Waals surface area contributed by atoms with E-state index in [1.165, 1.54) is 7.11 Å². The van der Waals surface area contributed by atoms with Gasteiger partial charge in [0, 0.05) is 24.2 Å². The molecule has 2 saturated heterocycles. The fourth-order valence-electron chi connectivity index (χ4n) is 7.24. The number of hydrogen-bond acceptors (Lipinski definition) is 8. The van der Waals surface area contributed by atoms with Gasteiger partial charge in [-0.1, -0.05) is 38.1 Å². The number of likely N-dealkylation sites (tertiary alicyclic amines) is 2. The lowest BCUT2D eigenvalue weighted by molar-refractivity contribution is -0.135. The van der Waals surface area contributed by atoms with E-state index in [2.05, 4.69) is 51.7 Å². The summed E-state index contributed by atoms with van der Waals surface area (Å²) in [5.41, 5.74) is 4.51. The van der Waals surface area contributed by atoms with Crippen molar-refractivity contribution in [1.29, 1.82) is 0 Å². The van der Waals surface area contributed by atoms with E-state index in [0.29, 0.717) is 18.7 Å². The van der Waals surface area contributed by atoms with E-state index in [1.54, 1.807) is 4.90 Å². The molecule has 2 aliphatic rings. The topological polar surface area (TPSA) is 158 Å². The van der Waals surface area contributed by atoms with Crippen LogP contribution in [0.15, 0.2) is 54.7 Å². The highest BCUT2D eigenvalue weighted by Crippen LogP contribution is 2.35. The molecular weight excluding hydrogens is 660 g/mol. The van der Waals surface area contributed by atoms with E-state index in [1.807, 2.05) is 57.8 Å². The van der Waals surface area contributed by atoms with Crippen LogP contribution in [0, 0.1) is 5.92 Å². The summed E-state index contributed by atoms with van der Waals surface area (Å²) in [6, 6.07) is 15.4. The minimum absolute atomic E-state index is 0.101. The van der Waals surface area contributed by atoms with Crippen molar-refractivity contribution in [3.05, 3.63) is 66.4 Å². The highest BCUT2D eigenvalue weighted by atomic mass is 16.6. The van der Waals surface area contributed by atoms with Crippen molar-refractivity contribution in [3.63, 3.8) is 0 Å². The molecule has 3 amide bonds. The number of imidazole rings is 2. The molecule has 0 aliphatic carbocycles. The lowest BCUT2D eigenvalue weighted by atomic mass is 10.0. The fourth-order valence-corrected chi connectivity index (χ4v) is 7.24. The smallest absolute Gasteiger partial charge is 0.410 e. The zero-order valence-corrected chi connectivity index (χ0v) is 30.5. The molecule has 5 aromatic rings. The Morgan fingerprint density at radius 2 is 1.54 bits per heavy atom. The van der Waals surface area contributed by atoms with Gasteiger partial charge in [0.1, 0.15) is 28.8 Å². The van der Waals surface area contributed by atoms with Crippen LogP contribution in [-0.4, -0.2) is 84.7 Å². The van der Waals surface area contributed by atoms with Gasteiger partial charge >= 0.3 is 12.2 Å². The maximum absolute atomic E-state index is 13.6. The molecule has 0 bridgehead atoms. The number of rotatable bonds is 7. The number of aromatic nitrogens is 5. The molecule has 52 heavy (non-hydrogen) atoms. The lowest BCUT2D eigenvalue weighted by Crippen LogP contribution is -2.51. The van der Waals surface area contributed by atoms with Crippen LogP contribution in [-0.2, 0) is 14.3 Å². The second-order valence-corrected chi connectivity index (χ2v) is 15.0. The first-order valence-corrected chi connectivity index (χ1v) is 18.0. The fraction of sp³-hybridized carbons (Fsp3) is 0.436. The Hall–Kier alpha value is -5.46. The molecule has 13 nitrogen and oxygen atoms in total. The number of nitrogens with zero attached hydrogens (tertiary/aromatic N) is 5. The van der Waals surface area contributed by atoms with Gasteiger partial charge in [0.25, 0.3) is 0 Å². The molecule has 0 spiro atoms. The maximum atomic E-state index is 13.6. The van der Waals surface area contributed by atoms with Crippen molar-refractivity contribution in [2.24, 2.45) is 5.92 Å². The van der Waals surface area contributed by atoms with Gasteiger partial charge in [-0.2, -0.15) is 0 Å². The van der Waals surface area contributed by atoms with Crippen molar-refractivity contribution in [2.75, 3.05) is 20.2 Å². The number of nitrogens with one attached hydrogen (secondary N) is 3. The molecule has 5 heterocycles. The molecule has 272 valence electrons. The Morgan fingerprint density at radius 3 is 2.23 bits per heavy atom. The number of fused-ring (bicyclic) bond motifs is 2. The quantitative estimate of drug-likeness (QED) is 0.159. The van der Waals surface area contributed by atoms with E-state index < -0.39 is 17.7 Å². The molecule has 7 rings (SSSR count). The summed E-state index contributed by atoms with van der Waals surface area (Å²) < 4.78 is 10.4. The normalized spacial score (nSPS) is 18.4. The van der Waals surface area contributed by atoms with Gasteiger partial charge in [-0.05, 0) is 87.4 Å². The van der Waals surface area contributed by atoms with E-state index in [4.69, 9.17) is 24.4 Å². The number of H-pyrrole nitrogens is 2. The number of pyridine rings is 1. The van der Waals surface area contributed by atoms with Gasteiger partial charge < -0.3 is 29.7 Å². The standard InChI is InChI=1S/C39H46N8O5/c1-22(2)32(44-37(49)51-6)36(48)46-17-7-9-30(46)34-40-21-29(43-34)26-14-12-23-19-25(13-11-24(23)20-26)27-15-16-28-33(41-27)45-35(42-28)31-10-8-18-47(31)38(50)52-39(3,4)5/h11-16,19-22,30-32H,7-10,17-18H2,1-6H3,(H,40,43)(H,44,49)(H,41,42,45)/t30-,31-,32-/m0/s1. The third-order valence-corrected chi connectivity index (χ3v) is 9.84. The average molecular weight is 707 g/mol. The summed E-state index contributed by atoms with van der Waals surface area (Å²) in [6.07, 6.45) is 4.20. The molecule has 13 heteroatoms. The first-order chi connectivity index (χ1) is 24.9. The molecule has 3 atom stereocenters. The van der Waals surface area contributed by atoms with Gasteiger partial charge in [0.05, 0.1) is 36.8 Å². The molecule has 3 N–H and O–H groups in total. The van der Waals surface area contributed by atoms with Gasteiger partial charge in [-0.15, -0.1) is 0 Å². The van der Waals surface area contributed by atoms with E-state index >= 15 is 0 Å². The molecule has 0 saturated carbocycles. The summed E-state index contributed by atoms with van der Waals surface area (Å²) in [7, 11) is 1.29. The van der Waals surface area contributed by atoms with Crippen molar-refractivity contribution >= 4 is 40.0 Å². The molecule has 3 aromatic heterocycles. The number of aromatic amines is 2. The van der Waals surface area contributed by atoms with Crippen LogP contribution >= 0.6 is 0 Å². The number of alkyl carbamates (subject to hydrolysis) is 1. The van der Waals surface area contributed by atoms with Crippen molar-refractivity contribution in [2.45, 2.75) is 84.0 Å². The first-order valence-electron chi connectivity index (χ1n) is 18.0. The molecule has 2 fully saturated rings. The maximum Gasteiger partial charge on any atom is 0.410 e. The van der Waals surface area contributed by atoms with E-state index in [9.17, 15) is 14.4 Å². The van der Waals surface area contributed by atoms with Gasteiger partial charge in [-0.3, -0.25) is 9.69 Å². The summed E-state index contributed by atoms with van der Waals surface area (Å²) in [5.74, 6) is 1.21. The molecule has 0 unspecified atom stereocenters. The highest BCUT2D eigenvalue weighted by molar-refractivity contribution is 5.91. The monoisotopic (exact) mass is 706 g/mol. The zero-order chi connectivity index (χ0) is 36.7.